The van der Waals surface area contributed by atoms with Crippen molar-refractivity contribution in [3.63, 3.8) is 0 Å². The number of para-hydroxylation sites is 2. The average molecular weight is 443 g/mol. The Morgan fingerprint density at radius 3 is 2.30 bits per heavy atom. The number of aryl methyl sites for hydroxylation is 2. The number of methoxy groups -OCH3 is 1. The van der Waals surface area contributed by atoms with E-state index in [0.29, 0.717) is 22.7 Å². The van der Waals surface area contributed by atoms with Crippen molar-refractivity contribution < 1.29 is 19.2 Å². The van der Waals surface area contributed by atoms with Gasteiger partial charge in [0.2, 0.25) is 0 Å². The number of ether oxygens (including phenoxy) is 1. The fraction of sp³-hybridized carbons (Fsp3) is 0.120. The number of non-ortho nitro benzene ring substituents is 1. The van der Waals surface area contributed by atoms with Crippen LogP contribution in [0.4, 0.5) is 17.1 Å². The van der Waals surface area contributed by atoms with Crippen LogP contribution >= 0.6 is 0 Å². The zero-order valence-electron chi connectivity index (χ0n) is 18.3. The van der Waals surface area contributed by atoms with Gasteiger partial charge in [-0.05, 0) is 60.9 Å². The number of benzene rings is 3. The van der Waals surface area contributed by atoms with Gasteiger partial charge in [0.05, 0.1) is 29.0 Å². The number of nitrogens with one attached hydrogen (secondary N) is 1. The van der Waals surface area contributed by atoms with E-state index in [2.05, 4.69) is 5.32 Å². The molecule has 0 radical (unpaired) electrons. The first-order chi connectivity index (χ1) is 15.8. The summed E-state index contributed by atoms with van der Waals surface area (Å²) in [5.74, 6) is -0.536. The van der Waals surface area contributed by atoms with Crippen LogP contribution < -0.4 is 15.0 Å². The van der Waals surface area contributed by atoms with Crippen LogP contribution in [-0.4, -0.2) is 23.8 Å². The summed E-state index contributed by atoms with van der Waals surface area (Å²) in [7, 11) is 1.51. The highest BCUT2D eigenvalue weighted by molar-refractivity contribution is 6.46. The number of imide groups is 1. The van der Waals surface area contributed by atoms with Gasteiger partial charge < -0.3 is 10.1 Å². The monoisotopic (exact) mass is 443 g/mol. The van der Waals surface area contributed by atoms with Crippen LogP contribution in [0.1, 0.15) is 16.7 Å². The summed E-state index contributed by atoms with van der Waals surface area (Å²) in [5, 5.41) is 14.1. The number of carbonyl (C=O) groups excluding carboxylic acids is 2. The van der Waals surface area contributed by atoms with Gasteiger partial charge in [-0.3, -0.25) is 19.7 Å². The van der Waals surface area contributed by atoms with Gasteiger partial charge >= 0.3 is 0 Å². The minimum absolute atomic E-state index is 0.0688. The molecule has 1 heterocycles. The Balaban J connectivity index is 1.87. The summed E-state index contributed by atoms with van der Waals surface area (Å²) >= 11 is 0. The van der Waals surface area contributed by atoms with Crippen molar-refractivity contribution >= 4 is 34.4 Å². The lowest BCUT2D eigenvalue weighted by atomic mass is 10.0. The fourth-order valence-electron chi connectivity index (χ4n) is 3.73. The number of rotatable bonds is 6. The molecule has 1 N–H and O–H groups in total. The van der Waals surface area contributed by atoms with Crippen LogP contribution in [0.2, 0.25) is 0 Å². The van der Waals surface area contributed by atoms with Crippen LogP contribution in [0.5, 0.6) is 5.75 Å². The van der Waals surface area contributed by atoms with E-state index in [0.717, 1.165) is 16.0 Å². The molecule has 0 aliphatic carbocycles. The molecule has 8 heteroatoms. The quantitative estimate of drug-likeness (QED) is 0.339. The summed E-state index contributed by atoms with van der Waals surface area (Å²) in [5.41, 5.74) is 3.15. The number of nitro benzene ring substituents is 1. The Kier molecular flexibility index (Phi) is 5.66. The molecule has 0 saturated carbocycles. The van der Waals surface area contributed by atoms with E-state index in [1.54, 1.807) is 30.3 Å². The standard InChI is InChI=1S/C25H21N3O5/c1-15-8-9-16(2)20(14-15)27-24(29)22(17-10-12-18(13-11-17)28(31)32)23(25(27)30)26-19-6-4-5-7-21(19)33-3/h4-14,26H,1-3H3. The molecule has 3 aromatic rings. The maximum absolute atomic E-state index is 13.6. The van der Waals surface area contributed by atoms with Gasteiger partial charge in [-0.25, -0.2) is 4.90 Å². The second-order valence-corrected chi connectivity index (χ2v) is 7.61. The molecule has 8 nitrogen and oxygen atoms in total. The SMILES string of the molecule is COc1ccccc1NC1=C(c2ccc([N+](=O)[O-])cc2)C(=O)N(c2cc(C)ccc2C)C1=O. The van der Waals surface area contributed by atoms with Gasteiger partial charge in [0, 0.05) is 12.1 Å². The molecular weight excluding hydrogens is 422 g/mol. The van der Waals surface area contributed by atoms with Crippen molar-refractivity contribution in [2.24, 2.45) is 0 Å². The number of carbonyl (C=O) groups is 2. The average Bonchev–Trinajstić information content (AvgIpc) is 3.05. The van der Waals surface area contributed by atoms with E-state index in [1.807, 2.05) is 26.0 Å². The molecule has 1 aliphatic heterocycles. The Labute approximate surface area is 190 Å². The number of amides is 2. The van der Waals surface area contributed by atoms with Crippen LogP contribution in [0, 0.1) is 24.0 Å². The van der Waals surface area contributed by atoms with E-state index in [-0.39, 0.29) is 17.0 Å². The van der Waals surface area contributed by atoms with Gasteiger partial charge in [0.15, 0.2) is 0 Å². The Bertz CT molecular complexity index is 1310. The molecule has 0 aromatic heterocycles. The van der Waals surface area contributed by atoms with Crippen molar-refractivity contribution in [1.29, 1.82) is 0 Å². The van der Waals surface area contributed by atoms with Crippen molar-refractivity contribution in [2.45, 2.75) is 13.8 Å². The minimum Gasteiger partial charge on any atom is -0.495 e. The van der Waals surface area contributed by atoms with Crippen LogP contribution in [-0.2, 0) is 9.59 Å². The second kappa shape index (κ2) is 8.58. The highest BCUT2D eigenvalue weighted by Gasteiger charge is 2.41. The Morgan fingerprint density at radius 1 is 0.939 bits per heavy atom. The third-order valence-electron chi connectivity index (χ3n) is 5.42. The first kappa shape index (κ1) is 21.8. The van der Waals surface area contributed by atoms with Gasteiger partial charge in [0.25, 0.3) is 17.5 Å². The van der Waals surface area contributed by atoms with E-state index < -0.39 is 16.7 Å². The molecule has 33 heavy (non-hydrogen) atoms. The number of anilines is 2. The normalized spacial score (nSPS) is 13.5. The molecule has 0 atom stereocenters. The summed E-state index contributed by atoms with van der Waals surface area (Å²) in [6.45, 7) is 3.71. The molecule has 3 aromatic carbocycles. The molecule has 0 saturated heterocycles. The number of hydrogen-bond acceptors (Lipinski definition) is 6. The zero-order chi connectivity index (χ0) is 23.7. The van der Waals surface area contributed by atoms with Gasteiger partial charge in [0.1, 0.15) is 11.4 Å². The molecular formula is C25H21N3O5. The molecule has 0 fully saturated rings. The Morgan fingerprint density at radius 2 is 1.64 bits per heavy atom. The van der Waals surface area contributed by atoms with Gasteiger partial charge in [-0.15, -0.1) is 0 Å². The molecule has 166 valence electrons. The van der Waals surface area contributed by atoms with Crippen molar-refractivity contribution in [3.8, 4) is 5.75 Å². The molecule has 0 bridgehead atoms. The first-order valence-corrected chi connectivity index (χ1v) is 10.2. The van der Waals surface area contributed by atoms with E-state index >= 15 is 0 Å². The third kappa shape index (κ3) is 3.94. The lowest BCUT2D eigenvalue weighted by molar-refractivity contribution is -0.384. The highest BCUT2D eigenvalue weighted by Crippen LogP contribution is 2.37. The molecule has 2 amide bonds. The zero-order valence-corrected chi connectivity index (χ0v) is 18.3. The molecule has 0 spiro atoms. The number of nitro groups is 1. The van der Waals surface area contributed by atoms with Gasteiger partial charge in [-0.1, -0.05) is 24.3 Å². The predicted molar refractivity (Wildman–Crippen MR) is 125 cm³/mol. The summed E-state index contributed by atoms with van der Waals surface area (Å²) in [6, 6.07) is 18.1. The number of hydrogen-bond donors (Lipinski definition) is 1. The molecule has 0 unspecified atom stereocenters. The van der Waals surface area contributed by atoms with Crippen LogP contribution in [0.25, 0.3) is 5.57 Å². The number of nitrogens with zero attached hydrogens (tertiary/aromatic N) is 2. The molecule has 1 aliphatic rings. The topological polar surface area (TPSA) is 102 Å². The summed E-state index contributed by atoms with van der Waals surface area (Å²) < 4.78 is 5.38. The summed E-state index contributed by atoms with van der Waals surface area (Å²) in [4.78, 5) is 38.9. The van der Waals surface area contributed by atoms with E-state index in [4.69, 9.17) is 4.74 Å². The van der Waals surface area contributed by atoms with E-state index in [9.17, 15) is 19.7 Å². The van der Waals surface area contributed by atoms with E-state index in [1.165, 1.54) is 31.4 Å². The molecule has 4 rings (SSSR count). The van der Waals surface area contributed by atoms with Crippen molar-refractivity contribution in [3.05, 3.63) is 99.2 Å². The van der Waals surface area contributed by atoms with Crippen molar-refractivity contribution in [1.82, 2.24) is 0 Å². The van der Waals surface area contributed by atoms with Crippen LogP contribution in [0.3, 0.4) is 0 Å². The van der Waals surface area contributed by atoms with Crippen LogP contribution in [0.15, 0.2) is 72.4 Å². The maximum atomic E-state index is 13.6. The largest absolute Gasteiger partial charge is 0.495 e. The lowest BCUT2D eigenvalue weighted by Crippen LogP contribution is -2.33. The first-order valence-electron chi connectivity index (χ1n) is 10.2. The lowest BCUT2D eigenvalue weighted by Gasteiger charge is -2.18. The summed E-state index contributed by atoms with van der Waals surface area (Å²) in [6.07, 6.45) is 0. The minimum atomic E-state index is -0.520. The maximum Gasteiger partial charge on any atom is 0.282 e. The smallest absolute Gasteiger partial charge is 0.282 e. The Hall–Kier alpha value is -4.46. The van der Waals surface area contributed by atoms with Crippen molar-refractivity contribution in [2.75, 3.05) is 17.3 Å². The van der Waals surface area contributed by atoms with Gasteiger partial charge in [-0.2, -0.15) is 0 Å². The predicted octanol–water partition coefficient (Wildman–Crippen LogP) is 4.62. The highest BCUT2D eigenvalue weighted by atomic mass is 16.6. The third-order valence-corrected chi connectivity index (χ3v) is 5.42. The fourth-order valence-corrected chi connectivity index (χ4v) is 3.73. The second-order valence-electron chi connectivity index (χ2n) is 7.61.